The molecule has 27 heavy (non-hydrogen) atoms. The Morgan fingerprint density at radius 1 is 0.889 bits per heavy atom. The molecular formula is C20H18N2O5. The fourth-order valence-corrected chi connectivity index (χ4v) is 2.75. The van der Waals surface area contributed by atoms with Gasteiger partial charge in [-0.25, -0.2) is 0 Å². The van der Waals surface area contributed by atoms with Crippen molar-refractivity contribution < 1.29 is 23.9 Å². The van der Waals surface area contributed by atoms with Crippen LogP contribution in [0.15, 0.2) is 54.6 Å². The van der Waals surface area contributed by atoms with Crippen molar-refractivity contribution in [3.05, 3.63) is 71.3 Å². The summed E-state index contributed by atoms with van der Waals surface area (Å²) in [6, 6.07) is 15.2. The highest BCUT2D eigenvalue weighted by Crippen LogP contribution is 2.22. The van der Waals surface area contributed by atoms with Gasteiger partial charge in [0, 0.05) is 12.1 Å². The summed E-state index contributed by atoms with van der Waals surface area (Å²) in [7, 11) is 0. The Bertz CT molecular complexity index is 844. The lowest BCUT2D eigenvalue weighted by atomic mass is 10.1. The number of nitrogens with zero attached hydrogens (tertiary/aromatic N) is 1. The summed E-state index contributed by atoms with van der Waals surface area (Å²) in [6.45, 7) is -0.0375. The average Bonchev–Trinajstić information content (AvgIpc) is 2.95. The largest absolute Gasteiger partial charge is 0.464 e. The first-order chi connectivity index (χ1) is 13.1. The van der Waals surface area contributed by atoms with Crippen molar-refractivity contribution in [2.75, 3.05) is 19.7 Å². The SMILES string of the molecule is O=C(CNC(=O)c1ccccc1)OCCCN1C(=O)c2ccccc2C1=O. The minimum atomic E-state index is -0.582. The molecule has 3 amide bonds. The molecule has 2 aromatic rings. The van der Waals surface area contributed by atoms with Gasteiger partial charge in [-0.05, 0) is 30.7 Å². The van der Waals surface area contributed by atoms with E-state index in [1.54, 1.807) is 54.6 Å². The van der Waals surface area contributed by atoms with Gasteiger partial charge in [0.1, 0.15) is 6.54 Å². The standard InChI is InChI=1S/C20H18N2O5/c23-17(13-21-18(24)14-7-2-1-3-8-14)27-12-6-11-22-19(25)15-9-4-5-10-16(15)20(22)26/h1-5,7-10H,6,11-13H2,(H,21,24). The van der Waals surface area contributed by atoms with Crippen molar-refractivity contribution in [1.29, 1.82) is 0 Å². The van der Waals surface area contributed by atoms with Crippen LogP contribution in [0.5, 0.6) is 0 Å². The van der Waals surface area contributed by atoms with E-state index >= 15 is 0 Å². The van der Waals surface area contributed by atoms with Crippen molar-refractivity contribution in [3.8, 4) is 0 Å². The van der Waals surface area contributed by atoms with Crippen LogP contribution in [0.1, 0.15) is 37.5 Å². The van der Waals surface area contributed by atoms with Crippen LogP contribution in [0.3, 0.4) is 0 Å². The molecule has 0 aliphatic carbocycles. The van der Waals surface area contributed by atoms with E-state index in [9.17, 15) is 19.2 Å². The second-order valence-corrected chi connectivity index (χ2v) is 5.93. The molecule has 0 fully saturated rings. The Balaban J connectivity index is 1.38. The molecule has 1 N–H and O–H groups in total. The first kappa shape index (κ1) is 18.3. The summed E-state index contributed by atoms with van der Waals surface area (Å²) in [5, 5.41) is 2.47. The molecule has 1 heterocycles. The third-order valence-electron chi connectivity index (χ3n) is 4.10. The number of carbonyl (C=O) groups is 4. The number of rotatable bonds is 7. The molecule has 0 saturated heterocycles. The topological polar surface area (TPSA) is 92.8 Å². The molecule has 1 aliphatic heterocycles. The number of esters is 1. The van der Waals surface area contributed by atoms with Gasteiger partial charge in [-0.1, -0.05) is 30.3 Å². The third kappa shape index (κ3) is 4.20. The number of ether oxygens (including phenoxy) is 1. The van der Waals surface area contributed by atoms with Gasteiger partial charge in [0.25, 0.3) is 17.7 Å². The minimum absolute atomic E-state index is 0.0491. The summed E-state index contributed by atoms with van der Waals surface area (Å²) in [5.41, 5.74) is 1.24. The van der Waals surface area contributed by atoms with E-state index in [0.717, 1.165) is 4.90 Å². The fourth-order valence-electron chi connectivity index (χ4n) is 2.75. The second-order valence-electron chi connectivity index (χ2n) is 5.93. The number of fused-ring (bicyclic) bond motifs is 1. The number of hydrogen-bond donors (Lipinski definition) is 1. The molecule has 7 heteroatoms. The number of carbonyl (C=O) groups excluding carboxylic acids is 4. The van der Waals surface area contributed by atoms with Gasteiger partial charge in [-0.2, -0.15) is 0 Å². The first-order valence-electron chi connectivity index (χ1n) is 8.52. The van der Waals surface area contributed by atoms with Gasteiger partial charge in [0.15, 0.2) is 0 Å². The molecule has 7 nitrogen and oxygen atoms in total. The zero-order valence-corrected chi connectivity index (χ0v) is 14.5. The number of imide groups is 1. The third-order valence-corrected chi connectivity index (χ3v) is 4.10. The Morgan fingerprint density at radius 2 is 1.48 bits per heavy atom. The lowest BCUT2D eigenvalue weighted by Crippen LogP contribution is -2.33. The maximum atomic E-state index is 12.2. The summed E-state index contributed by atoms with van der Waals surface area (Å²) in [4.78, 5) is 49.1. The average molecular weight is 366 g/mol. The number of nitrogens with one attached hydrogen (secondary N) is 1. The maximum Gasteiger partial charge on any atom is 0.325 e. The van der Waals surface area contributed by atoms with Crippen molar-refractivity contribution in [1.82, 2.24) is 10.2 Å². The summed E-state index contributed by atoms with van der Waals surface area (Å²) in [6.07, 6.45) is 0.323. The van der Waals surface area contributed by atoms with Crippen LogP contribution >= 0.6 is 0 Å². The molecule has 0 radical (unpaired) electrons. The minimum Gasteiger partial charge on any atom is -0.464 e. The van der Waals surface area contributed by atoms with E-state index in [-0.39, 0.29) is 37.4 Å². The molecule has 1 aliphatic rings. The number of hydrogen-bond acceptors (Lipinski definition) is 5. The van der Waals surface area contributed by atoms with Gasteiger partial charge in [0.05, 0.1) is 17.7 Å². The fraction of sp³-hybridized carbons (Fsp3) is 0.200. The van der Waals surface area contributed by atoms with Crippen molar-refractivity contribution in [2.24, 2.45) is 0 Å². The van der Waals surface area contributed by atoms with Crippen molar-refractivity contribution in [2.45, 2.75) is 6.42 Å². The lowest BCUT2D eigenvalue weighted by Gasteiger charge is -2.13. The van der Waals surface area contributed by atoms with E-state index in [2.05, 4.69) is 5.32 Å². The molecule has 0 saturated carbocycles. The van der Waals surface area contributed by atoms with Crippen LogP contribution in [-0.4, -0.2) is 48.3 Å². The van der Waals surface area contributed by atoms with Gasteiger partial charge in [-0.3, -0.25) is 24.1 Å². The van der Waals surface area contributed by atoms with E-state index in [1.807, 2.05) is 0 Å². The highest BCUT2D eigenvalue weighted by molar-refractivity contribution is 6.21. The number of benzene rings is 2. The molecule has 0 aromatic heterocycles. The van der Waals surface area contributed by atoms with E-state index in [0.29, 0.717) is 23.1 Å². The smallest absolute Gasteiger partial charge is 0.325 e. The summed E-state index contributed by atoms with van der Waals surface area (Å²) in [5.74, 6) is -1.62. The molecule has 3 rings (SSSR count). The quantitative estimate of drug-likeness (QED) is 0.457. The molecule has 0 unspecified atom stereocenters. The van der Waals surface area contributed by atoms with Gasteiger partial charge in [-0.15, -0.1) is 0 Å². The Hall–Kier alpha value is -3.48. The molecule has 0 spiro atoms. The Morgan fingerprint density at radius 3 is 2.11 bits per heavy atom. The van der Waals surface area contributed by atoms with Crippen LogP contribution in [0, 0.1) is 0 Å². The molecule has 0 bridgehead atoms. The van der Waals surface area contributed by atoms with Crippen molar-refractivity contribution in [3.63, 3.8) is 0 Å². The second kappa shape index (κ2) is 8.27. The van der Waals surface area contributed by atoms with E-state index < -0.39 is 5.97 Å². The lowest BCUT2D eigenvalue weighted by molar-refractivity contribution is -0.142. The van der Waals surface area contributed by atoms with Gasteiger partial charge < -0.3 is 10.1 Å². The van der Waals surface area contributed by atoms with Crippen LogP contribution in [0.4, 0.5) is 0 Å². The molecule has 0 atom stereocenters. The van der Waals surface area contributed by atoms with E-state index in [1.165, 1.54) is 0 Å². The van der Waals surface area contributed by atoms with E-state index in [4.69, 9.17) is 4.74 Å². The Kier molecular flexibility index (Phi) is 5.61. The predicted octanol–water partition coefficient (Wildman–Crippen LogP) is 1.65. The summed E-state index contributed by atoms with van der Waals surface area (Å²) >= 11 is 0. The zero-order chi connectivity index (χ0) is 19.2. The highest BCUT2D eigenvalue weighted by Gasteiger charge is 2.34. The first-order valence-corrected chi connectivity index (χ1v) is 8.52. The van der Waals surface area contributed by atoms with Crippen LogP contribution < -0.4 is 5.32 Å². The Labute approximate surface area is 155 Å². The monoisotopic (exact) mass is 366 g/mol. The van der Waals surface area contributed by atoms with Crippen molar-refractivity contribution >= 4 is 23.7 Å². The maximum absolute atomic E-state index is 12.2. The van der Waals surface area contributed by atoms with Gasteiger partial charge >= 0.3 is 5.97 Å². The van der Waals surface area contributed by atoms with Crippen LogP contribution in [0.25, 0.3) is 0 Å². The molecular weight excluding hydrogens is 348 g/mol. The molecule has 2 aromatic carbocycles. The zero-order valence-electron chi connectivity index (χ0n) is 14.5. The summed E-state index contributed by atoms with van der Waals surface area (Å²) < 4.78 is 5.03. The van der Waals surface area contributed by atoms with Crippen LogP contribution in [0.2, 0.25) is 0 Å². The molecule has 138 valence electrons. The highest BCUT2D eigenvalue weighted by atomic mass is 16.5. The van der Waals surface area contributed by atoms with Gasteiger partial charge in [0.2, 0.25) is 0 Å². The normalized spacial score (nSPS) is 12.7. The van der Waals surface area contributed by atoms with Crippen LogP contribution in [-0.2, 0) is 9.53 Å². The number of amides is 3. The predicted molar refractivity (Wildman–Crippen MR) is 96.2 cm³/mol.